The van der Waals surface area contributed by atoms with Gasteiger partial charge < -0.3 is 19.9 Å². The number of aryl methyl sites for hydroxylation is 1. The van der Waals surface area contributed by atoms with Crippen LogP contribution in [0.3, 0.4) is 0 Å². The summed E-state index contributed by atoms with van der Waals surface area (Å²) in [5, 5.41) is 13.5. The molecule has 1 aliphatic rings. The number of rotatable bonds is 2. The first-order chi connectivity index (χ1) is 11.4. The molecule has 0 spiro atoms. The number of carbonyl (C=O) groups excluding carboxylic acids is 1. The maximum atomic E-state index is 12.3. The molecule has 1 aliphatic heterocycles. The van der Waals surface area contributed by atoms with Crippen molar-refractivity contribution in [3.05, 3.63) is 29.0 Å². The lowest BCUT2D eigenvalue weighted by molar-refractivity contribution is 0.0379. The standard InChI is InChI=1S/C17H19ClN4O2/c1-3-17(24)7-9-22(10-8-17)16(23)19-11-14-20-13-6-4-5-12(18)15(13)21(14)2/h1,4-6,24H,7-11H2,2H3,(H,19,23). The van der Waals surface area contributed by atoms with Crippen LogP contribution in [0.25, 0.3) is 11.0 Å². The number of terminal acetylenes is 1. The maximum absolute atomic E-state index is 12.3. The van der Waals surface area contributed by atoms with Gasteiger partial charge in [0.25, 0.3) is 0 Å². The van der Waals surface area contributed by atoms with Gasteiger partial charge >= 0.3 is 6.03 Å². The van der Waals surface area contributed by atoms with Gasteiger partial charge in [-0.3, -0.25) is 0 Å². The third-order valence-electron chi connectivity index (χ3n) is 4.48. The van der Waals surface area contributed by atoms with Crippen molar-refractivity contribution in [1.29, 1.82) is 0 Å². The Kier molecular flexibility index (Phi) is 4.39. The predicted molar refractivity (Wildman–Crippen MR) is 92.5 cm³/mol. The number of carbonyl (C=O) groups is 1. The molecular weight excluding hydrogens is 328 g/mol. The number of aliphatic hydroxyl groups is 1. The molecule has 0 atom stereocenters. The minimum absolute atomic E-state index is 0.188. The van der Waals surface area contributed by atoms with E-state index < -0.39 is 5.60 Å². The van der Waals surface area contributed by atoms with Gasteiger partial charge in [-0.25, -0.2) is 9.78 Å². The van der Waals surface area contributed by atoms with E-state index in [2.05, 4.69) is 16.2 Å². The van der Waals surface area contributed by atoms with Crippen molar-refractivity contribution in [3.63, 3.8) is 0 Å². The van der Waals surface area contributed by atoms with Gasteiger partial charge in [-0.1, -0.05) is 23.6 Å². The topological polar surface area (TPSA) is 70.4 Å². The summed E-state index contributed by atoms with van der Waals surface area (Å²) in [4.78, 5) is 18.4. The Labute approximate surface area is 145 Å². The van der Waals surface area contributed by atoms with Gasteiger partial charge in [0.1, 0.15) is 11.4 Å². The van der Waals surface area contributed by atoms with Gasteiger partial charge in [0.2, 0.25) is 0 Å². The van der Waals surface area contributed by atoms with Crippen LogP contribution in [0, 0.1) is 12.3 Å². The van der Waals surface area contributed by atoms with Crippen LogP contribution in [-0.2, 0) is 13.6 Å². The van der Waals surface area contributed by atoms with Crippen LogP contribution in [0.15, 0.2) is 18.2 Å². The number of aromatic nitrogens is 2. The Morgan fingerprint density at radius 3 is 2.83 bits per heavy atom. The Hall–Kier alpha value is -2.23. The number of likely N-dealkylation sites (tertiary alicyclic amines) is 1. The lowest BCUT2D eigenvalue weighted by Gasteiger charge is -2.34. The highest BCUT2D eigenvalue weighted by atomic mass is 35.5. The summed E-state index contributed by atoms with van der Waals surface area (Å²) in [5.41, 5.74) is 0.553. The van der Waals surface area contributed by atoms with Gasteiger partial charge in [0, 0.05) is 33.0 Å². The molecule has 1 fully saturated rings. The Morgan fingerprint density at radius 2 is 2.21 bits per heavy atom. The molecule has 2 amide bonds. The number of hydrogen-bond donors (Lipinski definition) is 2. The molecule has 0 bridgehead atoms. The molecule has 0 unspecified atom stereocenters. The number of amides is 2. The second kappa shape index (κ2) is 6.34. The number of para-hydroxylation sites is 1. The number of urea groups is 1. The molecule has 1 aromatic heterocycles. The third-order valence-corrected chi connectivity index (χ3v) is 4.79. The van der Waals surface area contributed by atoms with Crippen molar-refractivity contribution >= 4 is 28.7 Å². The summed E-state index contributed by atoms with van der Waals surface area (Å²) < 4.78 is 1.88. The van der Waals surface area contributed by atoms with Crippen LogP contribution >= 0.6 is 11.6 Å². The molecule has 2 N–H and O–H groups in total. The quantitative estimate of drug-likeness (QED) is 0.816. The summed E-state index contributed by atoms with van der Waals surface area (Å²) in [6, 6.07) is 5.36. The van der Waals surface area contributed by atoms with Crippen molar-refractivity contribution in [2.24, 2.45) is 7.05 Å². The second-order valence-electron chi connectivity index (χ2n) is 6.02. The van der Waals surface area contributed by atoms with Crippen LogP contribution in [-0.4, -0.2) is 44.3 Å². The maximum Gasteiger partial charge on any atom is 0.317 e. The van der Waals surface area contributed by atoms with E-state index >= 15 is 0 Å². The largest absolute Gasteiger partial charge is 0.377 e. The smallest absolute Gasteiger partial charge is 0.317 e. The van der Waals surface area contributed by atoms with Crippen molar-refractivity contribution < 1.29 is 9.90 Å². The number of nitrogens with zero attached hydrogens (tertiary/aromatic N) is 3. The van der Waals surface area contributed by atoms with Crippen molar-refractivity contribution in [1.82, 2.24) is 19.8 Å². The predicted octanol–water partition coefficient (Wildman–Crippen LogP) is 1.90. The van der Waals surface area contributed by atoms with E-state index in [9.17, 15) is 9.90 Å². The number of benzene rings is 1. The van der Waals surface area contributed by atoms with Crippen LogP contribution in [0.4, 0.5) is 4.79 Å². The molecule has 0 aliphatic carbocycles. The Balaban J connectivity index is 1.64. The molecule has 24 heavy (non-hydrogen) atoms. The van der Waals surface area contributed by atoms with Crippen LogP contribution < -0.4 is 5.32 Å². The highest BCUT2D eigenvalue weighted by Crippen LogP contribution is 2.24. The summed E-state index contributed by atoms with van der Waals surface area (Å²) in [5.74, 6) is 3.12. The van der Waals surface area contributed by atoms with Crippen LogP contribution in [0.2, 0.25) is 5.02 Å². The van der Waals surface area contributed by atoms with E-state index in [0.717, 1.165) is 16.9 Å². The number of halogens is 1. The lowest BCUT2D eigenvalue weighted by Crippen LogP contribution is -2.49. The molecule has 3 rings (SSSR count). The number of nitrogens with one attached hydrogen (secondary N) is 1. The highest BCUT2D eigenvalue weighted by molar-refractivity contribution is 6.35. The highest BCUT2D eigenvalue weighted by Gasteiger charge is 2.32. The molecule has 7 heteroatoms. The molecule has 0 saturated carbocycles. The Bertz CT molecular complexity index is 816. The van der Waals surface area contributed by atoms with E-state index in [1.165, 1.54) is 0 Å². The Morgan fingerprint density at radius 1 is 1.50 bits per heavy atom. The first-order valence-electron chi connectivity index (χ1n) is 7.76. The van der Waals surface area contributed by atoms with E-state index in [1.54, 1.807) is 4.90 Å². The van der Waals surface area contributed by atoms with E-state index in [0.29, 0.717) is 37.5 Å². The fourth-order valence-corrected chi connectivity index (χ4v) is 3.21. The lowest BCUT2D eigenvalue weighted by atomic mass is 9.93. The van der Waals surface area contributed by atoms with E-state index in [1.807, 2.05) is 29.8 Å². The number of fused-ring (bicyclic) bond motifs is 1. The van der Waals surface area contributed by atoms with Crippen molar-refractivity contribution in [2.75, 3.05) is 13.1 Å². The van der Waals surface area contributed by atoms with Gasteiger partial charge in [-0.15, -0.1) is 6.42 Å². The zero-order chi connectivity index (χ0) is 17.3. The molecule has 126 valence electrons. The third kappa shape index (κ3) is 3.05. The normalized spacial score (nSPS) is 16.8. The first kappa shape index (κ1) is 16.6. The molecule has 2 heterocycles. The summed E-state index contributed by atoms with van der Waals surface area (Å²) in [7, 11) is 1.87. The molecule has 6 nitrogen and oxygen atoms in total. The van der Waals surface area contributed by atoms with Gasteiger partial charge in [-0.2, -0.15) is 0 Å². The van der Waals surface area contributed by atoms with Crippen molar-refractivity contribution in [3.8, 4) is 12.3 Å². The molecule has 1 saturated heterocycles. The van der Waals surface area contributed by atoms with Crippen LogP contribution in [0.5, 0.6) is 0 Å². The second-order valence-corrected chi connectivity index (χ2v) is 6.42. The van der Waals surface area contributed by atoms with Gasteiger partial charge in [0.05, 0.1) is 22.6 Å². The average molecular weight is 347 g/mol. The molecule has 2 aromatic rings. The zero-order valence-corrected chi connectivity index (χ0v) is 14.2. The average Bonchev–Trinajstić information content (AvgIpc) is 2.91. The number of imidazole rings is 1. The number of piperidine rings is 1. The zero-order valence-electron chi connectivity index (χ0n) is 13.4. The van der Waals surface area contributed by atoms with Gasteiger partial charge in [0.15, 0.2) is 0 Å². The summed E-state index contributed by atoms with van der Waals surface area (Å²) in [6.07, 6.45) is 6.09. The van der Waals surface area contributed by atoms with Crippen molar-refractivity contribution in [2.45, 2.75) is 25.0 Å². The summed E-state index contributed by atoms with van der Waals surface area (Å²) in [6.45, 7) is 1.16. The van der Waals surface area contributed by atoms with E-state index in [-0.39, 0.29) is 6.03 Å². The van der Waals surface area contributed by atoms with E-state index in [4.69, 9.17) is 18.0 Å². The minimum Gasteiger partial charge on any atom is -0.377 e. The summed E-state index contributed by atoms with van der Waals surface area (Å²) >= 11 is 6.20. The minimum atomic E-state index is -1.09. The van der Waals surface area contributed by atoms with Gasteiger partial charge in [-0.05, 0) is 12.1 Å². The molecule has 0 radical (unpaired) electrons. The SMILES string of the molecule is C#CC1(O)CCN(C(=O)NCc2nc3cccc(Cl)c3n2C)CC1. The molecular formula is C17H19ClN4O2. The fourth-order valence-electron chi connectivity index (χ4n) is 2.92. The number of hydrogen-bond acceptors (Lipinski definition) is 3. The monoisotopic (exact) mass is 346 g/mol. The fraction of sp³-hybridized carbons (Fsp3) is 0.412. The first-order valence-corrected chi connectivity index (χ1v) is 8.14. The van der Waals surface area contributed by atoms with Crippen LogP contribution in [0.1, 0.15) is 18.7 Å². The molecule has 1 aromatic carbocycles.